The van der Waals surface area contributed by atoms with Crippen LogP contribution in [0.4, 0.5) is 0 Å². The highest BCUT2D eigenvalue weighted by molar-refractivity contribution is 6.99. The Bertz CT molecular complexity index is 1540. The second-order valence-electron chi connectivity index (χ2n) is 12.6. The number of hydrogen-bond acceptors (Lipinski definition) is 7. The number of ketones is 1. The van der Waals surface area contributed by atoms with Gasteiger partial charge in [-0.2, -0.15) is 0 Å². The van der Waals surface area contributed by atoms with Crippen LogP contribution in [-0.4, -0.2) is 57.6 Å². The van der Waals surface area contributed by atoms with Gasteiger partial charge in [-0.3, -0.25) is 4.79 Å². The monoisotopic (exact) mass is 640 g/mol. The van der Waals surface area contributed by atoms with Crippen molar-refractivity contribution in [2.45, 2.75) is 70.8 Å². The number of cyclic esters (lactones) is 1. The van der Waals surface area contributed by atoms with Crippen molar-refractivity contribution in [2.75, 3.05) is 13.7 Å². The van der Waals surface area contributed by atoms with Crippen LogP contribution in [0.3, 0.4) is 0 Å². The summed E-state index contributed by atoms with van der Waals surface area (Å²) in [5.41, 5.74) is 0.126. The van der Waals surface area contributed by atoms with Crippen LogP contribution in [0.1, 0.15) is 48.0 Å². The SMILES string of the molecule is C\C=C(/C=C(C)/C=C/C=C/C=C(\C)C(=O)[C@@]12O[C@@H]1[C@H](CCO[Si](c1ccccc1)(c1ccccc1)C(C)(C)C)OC2=O)C(=O)OC. The maximum absolute atomic E-state index is 13.4. The Morgan fingerprint density at radius 2 is 1.57 bits per heavy atom. The van der Waals surface area contributed by atoms with Crippen molar-refractivity contribution < 1.29 is 33.0 Å². The van der Waals surface area contributed by atoms with Gasteiger partial charge in [0.1, 0.15) is 12.2 Å². The lowest BCUT2D eigenvalue weighted by molar-refractivity contribution is -0.156. The first-order valence-electron chi connectivity index (χ1n) is 15.6. The van der Waals surface area contributed by atoms with E-state index in [1.807, 2.05) is 49.4 Å². The van der Waals surface area contributed by atoms with E-state index in [2.05, 4.69) is 45.0 Å². The minimum atomic E-state index is -2.75. The minimum absolute atomic E-state index is 0.185. The van der Waals surface area contributed by atoms with Crippen molar-refractivity contribution in [2.24, 2.45) is 0 Å². The van der Waals surface area contributed by atoms with Gasteiger partial charge >= 0.3 is 11.9 Å². The van der Waals surface area contributed by atoms with Crippen molar-refractivity contribution in [3.8, 4) is 0 Å². The van der Waals surface area contributed by atoms with Gasteiger partial charge in [0.25, 0.3) is 13.9 Å². The zero-order valence-electron chi connectivity index (χ0n) is 27.7. The van der Waals surface area contributed by atoms with Gasteiger partial charge in [-0.15, -0.1) is 0 Å². The van der Waals surface area contributed by atoms with Gasteiger partial charge in [0.15, 0.2) is 0 Å². The number of carbonyl (C=O) groups excluding carboxylic acids is 3. The summed E-state index contributed by atoms with van der Waals surface area (Å²) >= 11 is 0. The molecule has 0 aromatic heterocycles. The Balaban J connectivity index is 1.42. The number of rotatable bonds is 13. The number of epoxide rings is 1. The fourth-order valence-electron chi connectivity index (χ4n) is 6.04. The van der Waals surface area contributed by atoms with Crippen LogP contribution in [-0.2, 0) is 33.0 Å². The van der Waals surface area contributed by atoms with Gasteiger partial charge < -0.3 is 18.6 Å². The van der Waals surface area contributed by atoms with Crippen molar-refractivity contribution in [3.63, 3.8) is 0 Å². The third-order valence-corrected chi connectivity index (χ3v) is 13.5. The lowest BCUT2D eigenvalue weighted by Gasteiger charge is -2.43. The Morgan fingerprint density at radius 3 is 2.09 bits per heavy atom. The molecule has 0 amide bonds. The van der Waals surface area contributed by atoms with E-state index in [4.69, 9.17) is 18.6 Å². The summed E-state index contributed by atoms with van der Waals surface area (Å²) in [6.45, 7) is 12.3. The quantitative estimate of drug-likeness (QED) is 0.0692. The fourth-order valence-corrected chi connectivity index (χ4v) is 10.6. The summed E-state index contributed by atoms with van der Waals surface area (Å²) in [7, 11) is -1.41. The summed E-state index contributed by atoms with van der Waals surface area (Å²) in [6.07, 6.45) is 11.4. The molecule has 4 rings (SSSR count). The number of fused-ring (bicyclic) bond motifs is 1. The van der Waals surface area contributed by atoms with Crippen molar-refractivity contribution in [3.05, 3.63) is 120 Å². The predicted octanol–water partition coefficient (Wildman–Crippen LogP) is 5.71. The van der Waals surface area contributed by atoms with Crippen molar-refractivity contribution in [1.82, 2.24) is 0 Å². The molecule has 0 aliphatic carbocycles. The number of esters is 2. The standard InChI is InChI=1S/C38H44O7Si/c1-8-29(35(40)42-7)26-27(2)18-12-9-13-19-28(3)33(39)38-34(45-38)32(44-36(38)41)24-25-43-46(37(4,5)6,30-20-14-10-15-21-30)31-22-16-11-17-23-31/h8-23,26,32,34H,24-25H2,1-7H3/b13-9+,18-12+,27-26+,28-19+,29-8+/t32-,34+,38+/m0/s1. The molecule has 0 radical (unpaired) electrons. The Labute approximate surface area is 273 Å². The van der Waals surface area contributed by atoms with Gasteiger partial charge in [-0.1, -0.05) is 123 Å². The van der Waals surface area contributed by atoms with E-state index < -0.39 is 43.8 Å². The molecule has 2 aliphatic rings. The van der Waals surface area contributed by atoms with E-state index >= 15 is 0 Å². The number of benzene rings is 2. The van der Waals surface area contributed by atoms with E-state index in [0.29, 0.717) is 24.2 Å². The Hall–Kier alpha value is -4.11. The van der Waals surface area contributed by atoms with E-state index in [1.165, 1.54) is 17.5 Å². The van der Waals surface area contributed by atoms with Crippen molar-refractivity contribution in [1.29, 1.82) is 0 Å². The highest BCUT2D eigenvalue weighted by Crippen LogP contribution is 2.50. The molecular formula is C38H44O7Si. The maximum atomic E-state index is 13.4. The number of ether oxygens (including phenoxy) is 3. The molecule has 3 atom stereocenters. The molecule has 46 heavy (non-hydrogen) atoms. The van der Waals surface area contributed by atoms with Crippen LogP contribution >= 0.6 is 0 Å². The van der Waals surface area contributed by atoms with Gasteiger partial charge in [-0.05, 0) is 47.8 Å². The third kappa shape index (κ3) is 6.99. The highest BCUT2D eigenvalue weighted by atomic mass is 28.4. The molecule has 0 bridgehead atoms. The molecule has 0 unspecified atom stereocenters. The Kier molecular flexibility index (Phi) is 11.0. The third-order valence-electron chi connectivity index (χ3n) is 8.43. The molecule has 2 aromatic rings. The molecule has 2 heterocycles. The fraction of sp³-hybridized carbons (Fsp3) is 0.342. The normalized spacial score (nSPS) is 22.2. The summed E-state index contributed by atoms with van der Waals surface area (Å²) in [4.78, 5) is 38.1. The van der Waals surface area contributed by atoms with E-state index in [9.17, 15) is 14.4 Å². The molecule has 0 saturated carbocycles. The smallest absolute Gasteiger partial charge is 0.350 e. The summed E-state index contributed by atoms with van der Waals surface area (Å²) in [5, 5.41) is 2.15. The molecule has 0 spiro atoms. The molecular weight excluding hydrogens is 596 g/mol. The molecule has 2 fully saturated rings. The molecule has 2 aliphatic heterocycles. The van der Waals surface area contributed by atoms with Crippen LogP contribution in [0.5, 0.6) is 0 Å². The van der Waals surface area contributed by atoms with Crippen LogP contribution in [0.2, 0.25) is 5.04 Å². The van der Waals surface area contributed by atoms with Crippen LogP contribution < -0.4 is 10.4 Å². The lowest BCUT2D eigenvalue weighted by atomic mass is 9.94. The average molecular weight is 641 g/mol. The highest BCUT2D eigenvalue weighted by Gasteiger charge is 2.77. The molecule has 242 valence electrons. The summed E-state index contributed by atoms with van der Waals surface area (Å²) < 4.78 is 23.2. The zero-order chi connectivity index (χ0) is 33.5. The van der Waals surface area contributed by atoms with Gasteiger partial charge in [0.05, 0.1) is 12.7 Å². The maximum Gasteiger partial charge on any atom is 0.350 e. The van der Waals surface area contributed by atoms with Crippen LogP contribution in [0, 0.1) is 0 Å². The lowest BCUT2D eigenvalue weighted by Crippen LogP contribution is -2.66. The summed E-state index contributed by atoms with van der Waals surface area (Å²) in [6, 6.07) is 20.7. The Morgan fingerprint density at radius 1 is 0.957 bits per heavy atom. The first-order valence-corrected chi connectivity index (χ1v) is 17.5. The second-order valence-corrected chi connectivity index (χ2v) is 16.9. The second kappa shape index (κ2) is 14.5. The van der Waals surface area contributed by atoms with Gasteiger partial charge in [0.2, 0.25) is 5.78 Å². The summed E-state index contributed by atoms with van der Waals surface area (Å²) in [5.74, 6) is -1.43. The van der Waals surface area contributed by atoms with Crippen molar-refractivity contribution >= 4 is 36.4 Å². The van der Waals surface area contributed by atoms with Crippen LogP contribution in [0.25, 0.3) is 0 Å². The number of allylic oxidation sites excluding steroid dienone is 7. The molecule has 2 aromatic carbocycles. The predicted molar refractivity (Wildman–Crippen MR) is 182 cm³/mol. The molecule has 0 N–H and O–H groups in total. The first kappa shape index (κ1) is 34.8. The zero-order valence-corrected chi connectivity index (χ0v) is 28.7. The number of carbonyl (C=O) groups is 3. The topological polar surface area (TPSA) is 91.4 Å². The van der Waals surface area contributed by atoms with E-state index in [1.54, 1.807) is 50.3 Å². The van der Waals surface area contributed by atoms with E-state index in [0.717, 1.165) is 5.57 Å². The van der Waals surface area contributed by atoms with Crippen LogP contribution in [0.15, 0.2) is 120 Å². The average Bonchev–Trinajstić information content (AvgIpc) is 3.75. The van der Waals surface area contributed by atoms with Gasteiger partial charge in [-0.25, -0.2) is 9.59 Å². The first-order chi connectivity index (χ1) is 21.9. The van der Waals surface area contributed by atoms with E-state index in [-0.39, 0.29) is 5.04 Å². The largest absolute Gasteiger partial charge is 0.465 e. The molecule has 2 saturated heterocycles. The number of Topliss-reactive ketones (excluding diaryl/α,β-unsaturated/α-hetero) is 1. The number of methoxy groups -OCH3 is 1. The molecule has 7 nitrogen and oxygen atoms in total. The van der Waals surface area contributed by atoms with Gasteiger partial charge in [0, 0.05) is 13.0 Å². The molecule has 8 heteroatoms. The number of hydrogen-bond donors (Lipinski definition) is 0. The minimum Gasteiger partial charge on any atom is -0.465 e.